The van der Waals surface area contributed by atoms with Crippen LogP contribution in [0, 0.1) is 0 Å². The van der Waals surface area contributed by atoms with Crippen LogP contribution in [-0.4, -0.2) is 34.5 Å². The van der Waals surface area contributed by atoms with Crippen molar-refractivity contribution in [2.75, 3.05) is 0 Å². The molecule has 2 aliphatic heterocycles. The number of aliphatic carboxylic acids is 2. The van der Waals surface area contributed by atoms with Crippen molar-refractivity contribution in [3.63, 3.8) is 0 Å². The van der Waals surface area contributed by atoms with Crippen LogP contribution in [0.4, 0.5) is 26.3 Å². The topological polar surface area (TPSA) is 198 Å². The van der Waals surface area contributed by atoms with Gasteiger partial charge in [-0.25, -0.2) is 9.59 Å². The molecular weight excluding hydrogens is 934 g/mol. The van der Waals surface area contributed by atoms with Crippen LogP contribution >= 0.6 is 0 Å². The Bertz CT molecular complexity index is 749. The van der Waals surface area contributed by atoms with Crippen molar-refractivity contribution in [1.82, 2.24) is 0 Å². The Morgan fingerprint density at radius 2 is 0.550 bits per heavy atom. The van der Waals surface area contributed by atoms with Crippen LogP contribution in [0.3, 0.4) is 0 Å². The smallest absolute Gasteiger partial charge is 0.693 e. The maximum absolute atomic E-state index is 10.6. The van der Waals surface area contributed by atoms with Crippen molar-refractivity contribution in [2.45, 2.75) is 67.7 Å². The van der Waals surface area contributed by atoms with Crippen molar-refractivity contribution in [2.24, 2.45) is 0 Å². The maximum atomic E-state index is 10.6. The van der Waals surface area contributed by atoms with Crippen molar-refractivity contribution < 1.29 is 136 Å². The second-order valence-electron chi connectivity index (χ2n) is 6.74. The van der Waals surface area contributed by atoms with E-state index < -0.39 is 24.3 Å². The molecule has 2 radical (unpaired) electrons. The van der Waals surface area contributed by atoms with Crippen molar-refractivity contribution in [1.29, 1.82) is 0 Å². The number of hydrogen-bond acceptors (Lipinski definition) is 2. The van der Waals surface area contributed by atoms with Gasteiger partial charge in [0.15, 0.2) is 0 Å². The van der Waals surface area contributed by atoms with Gasteiger partial charge in [0.25, 0.3) is 0 Å². The number of nitrogens with zero attached hydrogens (tertiary/aromatic N) is 4. The predicted molar refractivity (Wildman–Crippen MR) is 125 cm³/mol. The SMILES string of the molecule is CC1=C(C)[N-]C(C)=C(C)[N-]1.CC1=C(C)[N-]C(C)=C(C)[N-]1.O=C(O)C(F)(F)F.O=C(O)C(F)(F)F.[Ag+].[Ag+].[Ag].[Ag].[NH2-].[NH2-]. The van der Waals surface area contributed by atoms with Crippen LogP contribution in [0.1, 0.15) is 55.4 Å². The first kappa shape index (κ1) is 59.1. The number of rotatable bonds is 0. The van der Waals surface area contributed by atoms with Crippen LogP contribution in [0.15, 0.2) is 45.6 Å². The van der Waals surface area contributed by atoms with E-state index in [0.717, 1.165) is 45.6 Å². The molecule has 0 saturated heterocycles. The van der Waals surface area contributed by atoms with Gasteiger partial charge in [-0.05, 0) is 0 Å². The largest absolute Gasteiger partial charge is 1.00 e. The predicted octanol–water partition coefficient (Wildman–Crippen LogP) is 9.19. The van der Waals surface area contributed by atoms with E-state index in [4.69, 9.17) is 19.8 Å². The number of carboxylic acid groups (broad SMARTS) is 2. The fraction of sp³-hybridized carbons (Fsp3) is 0.500. The summed E-state index contributed by atoms with van der Waals surface area (Å²) < 4.78 is 63.5. The minimum absolute atomic E-state index is 0. The molecule has 20 heteroatoms. The van der Waals surface area contributed by atoms with E-state index in [1.165, 1.54) is 0 Å². The summed E-state index contributed by atoms with van der Waals surface area (Å²) in [5, 5.41) is 31.5. The Labute approximate surface area is 292 Å². The quantitative estimate of drug-likeness (QED) is 0.180. The molecule has 0 aromatic heterocycles. The van der Waals surface area contributed by atoms with E-state index >= 15 is 0 Å². The average molecular weight is 964 g/mol. The van der Waals surface area contributed by atoms with Gasteiger partial charge in [0.1, 0.15) is 0 Å². The zero-order chi connectivity index (χ0) is 27.6. The van der Waals surface area contributed by atoms with Crippen LogP contribution in [0.5, 0.6) is 0 Å². The summed E-state index contributed by atoms with van der Waals surface area (Å²) in [6, 6.07) is 0. The van der Waals surface area contributed by atoms with Crippen molar-refractivity contribution in [3.05, 3.63) is 79.1 Å². The summed E-state index contributed by atoms with van der Waals surface area (Å²) in [5.74, 6) is -5.51. The Balaban J connectivity index is -0.0000000549. The van der Waals surface area contributed by atoms with E-state index in [1.54, 1.807) is 0 Å². The van der Waals surface area contributed by atoms with Crippen LogP contribution in [0.2, 0.25) is 0 Å². The van der Waals surface area contributed by atoms with Gasteiger partial charge in [0.2, 0.25) is 0 Å². The van der Waals surface area contributed by atoms with E-state index in [9.17, 15) is 26.3 Å². The van der Waals surface area contributed by atoms with E-state index in [-0.39, 0.29) is 102 Å². The first-order valence-corrected chi connectivity index (χ1v) is 9.28. The summed E-state index contributed by atoms with van der Waals surface area (Å²) in [6.45, 7) is 15.8. The van der Waals surface area contributed by atoms with E-state index in [1.807, 2.05) is 55.4 Å². The van der Waals surface area contributed by atoms with Crippen molar-refractivity contribution in [3.8, 4) is 0 Å². The van der Waals surface area contributed by atoms with Crippen LogP contribution in [-0.2, 0) is 99.1 Å². The van der Waals surface area contributed by atoms with Gasteiger partial charge >= 0.3 is 69.1 Å². The Hall–Kier alpha value is -0.439. The van der Waals surface area contributed by atoms with E-state index in [0.29, 0.717) is 0 Å². The minimum Gasteiger partial charge on any atom is -0.693 e. The van der Waals surface area contributed by atoms with Gasteiger partial charge in [-0.15, -0.1) is 0 Å². The molecule has 0 amide bonds. The number of halogens is 6. The van der Waals surface area contributed by atoms with Crippen molar-refractivity contribution >= 4 is 11.9 Å². The molecule has 2 aliphatic rings. The molecule has 0 fully saturated rings. The van der Waals surface area contributed by atoms with Gasteiger partial charge < -0.3 is 43.8 Å². The fourth-order valence-electron chi connectivity index (χ4n) is 1.65. The molecule has 0 bridgehead atoms. The summed E-state index contributed by atoms with van der Waals surface area (Å²) in [5.41, 5.74) is 8.25. The van der Waals surface area contributed by atoms with Gasteiger partial charge in [0.05, 0.1) is 0 Å². The van der Waals surface area contributed by atoms with Gasteiger partial charge in [-0.2, -0.15) is 71.9 Å². The molecule has 0 aliphatic carbocycles. The molecule has 254 valence electrons. The average Bonchev–Trinajstić information content (AvgIpc) is 2.65. The summed E-state index contributed by atoms with van der Waals surface area (Å²) in [7, 11) is 0. The molecule has 0 spiro atoms. The third-order valence-electron chi connectivity index (χ3n) is 3.92. The normalized spacial score (nSPS) is 13.3. The fourth-order valence-corrected chi connectivity index (χ4v) is 1.65. The third-order valence-corrected chi connectivity index (χ3v) is 3.92. The molecule has 0 atom stereocenters. The second-order valence-corrected chi connectivity index (χ2v) is 6.74. The number of allylic oxidation sites excluding steroid dienone is 8. The Morgan fingerprint density at radius 1 is 0.475 bits per heavy atom. The molecule has 0 aromatic rings. The minimum atomic E-state index is -5.08. The molecule has 6 N–H and O–H groups in total. The van der Waals surface area contributed by atoms with Crippen LogP contribution < -0.4 is 0 Å². The summed E-state index contributed by atoms with van der Waals surface area (Å²) in [6.07, 6.45) is -10.2. The molecule has 2 heterocycles. The molecule has 0 unspecified atom stereocenters. The molecule has 40 heavy (non-hydrogen) atoms. The number of carboxylic acids is 2. The maximum Gasteiger partial charge on any atom is 1.00 e. The first-order chi connectivity index (χ1) is 15.1. The number of nitrogens with two attached hydrogens (primary N) is 2. The first-order valence-electron chi connectivity index (χ1n) is 9.28. The number of carbonyl (C=O) groups is 2. The zero-order valence-electron chi connectivity index (χ0n) is 22.1. The summed E-state index contributed by atoms with van der Waals surface area (Å²) >= 11 is 0. The summed E-state index contributed by atoms with van der Waals surface area (Å²) in [4.78, 5) is 17.8. The standard InChI is InChI=1S/2C8H12N2.2C2HF3O2.4Ag.2H2N/c2*1-5-6(2)10-8(4)7(3)9-5;2*3-2(4,5)1(6)7;;;;;;/h2*1-4H3;2*(H,6,7);;;;;2*1H2/q2*-2;;;;;2*+1;2*-1. The molecular formula is C20H30Ag4F6N6O4-4. The Morgan fingerprint density at radius 3 is 0.600 bits per heavy atom. The van der Waals surface area contributed by atoms with Gasteiger partial charge in [0, 0.05) is 44.8 Å². The molecule has 0 aromatic carbocycles. The zero-order valence-corrected chi connectivity index (χ0v) is 28.1. The van der Waals surface area contributed by atoms with E-state index in [2.05, 4.69) is 21.3 Å². The van der Waals surface area contributed by atoms with Gasteiger partial charge in [-0.1, -0.05) is 55.4 Å². The van der Waals surface area contributed by atoms with Gasteiger partial charge in [-0.3, -0.25) is 0 Å². The third kappa shape index (κ3) is 26.5. The molecule has 0 saturated carbocycles. The number of hydrogen-bond donors (Lipinski definition) is 2. The molecule has 2 rings (SSSR count). The van der Waals surface area contributed by atoms with Crippen LogP contribution in [0.25, 0.3) is 33.6 Å². The number of alkyl halides is 6. The second kappa shape index (κ2) is 26.2. The monoisotopic (exact) mass is 960 g/mol. The molecule has 10 nitrogen and oxygen atoms in total. The Kier molecular flexibility index (Phi) is 38.7.